The van der Waals surface area contributed by atoms with Gasteiger partial charge in [0.1, 0.15) is 5.75 Å². The van der Waals surface area contributed by atoms with Crippen molar-refractivity contribution >= 4 is 17.4 Å². The van der Waals surface area contributed by atoms with Crippen LogP contribution in [0.15, 0.2) is 35.3 Å². The number of carbonyl (C=O) groups is 1. The zero-order chi connectivity index (χ0) is 19.7. The van der Waals surface area contributed by atoms with Crippen LogP contribution in [0.5, 0.6) is 5.75 Å². The van der Waals surface area contributed by atoms with E-state index in [1.54, 1.807) is 7.11 Å². The summed E-state index contributed by atoms with van der Waals surface area (Å²) in [6, 6.07) is 6.10. The van der Waals surface area contributed by atoms with Crippen LogP contribution in [0, 0.1) is 5.41 Å². The molecule has 1 aromatic rings. The van der Waals surface area contributed by atoms with Gasteiger partial charge in [0.15, 0.2) is 0 Å². The molecule has 2 fully saturated rings. The number of rotatable bonds is 3. The maximum absolute atomic E-state index is 12.9. The molecule has 6 heteroatoms. The number of hydrogen-bond donors (Lipinski definition) is 1. The van der Waals surface area contributed by atoms with Gasteiger partial charge in [0.05, 0.1) is 31.0 Å². The predicted molar refractivity (Wildman–Crippen MR) is 105 cm³/mol. The second kappa shape index (κ2) is 5.67. The molecule has 4 aliphatic rings. The van der Waals surface area contributed by atoms with Crippen LogP contribution < -0.4 is 4.74 Å². The lowest BCUT2D eigenvalue weighted by Crippen LogP contribution is -2.70. The number of benzene rings is 1. The monoisotopic (exact) mass is 382 g/mol. The van der Waals surface area contributed by atoms with Gasteiger partial charge in [0.2, 0.25) is 5.60 Å². The van der Waals surface area contributed by atoms with Crippen molar-refractivity contribution in [3.63, 3.8) is 0 Å². The van der Waals surface area contributed by atoms with Gasteiger partial charge in [-0.2, -0.15) is 0 Å². The summed E-state index contributed by atoms with van der Waals surface area (Å²) in [5.41, 5.74) is -0.0829. The van der Waals surface area contributed by atoms with E-state index in [9.17, 15) is 9.90 Å². The van der Waals surface area contributed by atoms with E-state index >= 15 is 0 Å². The van der Waals surface area contributed by atoms with E-state index in [1.165, 1.54) is 7.11 Å². The summed E-state index contributed by atoms with van der Waals surface area (Å²) in [7, 11) is 2.96. The molecule has 1 saturated carbocycles. The molecule has 3 heterocycles. The van der Waals surface area contributed by atoms with Crippen molar-refractivity contribution in [3.8, 4) is 5.75 Å². The molecule has 4 atom stereocenters. The van der Waals surface area contributed by atoms with Gasteiger partial charge in [-0.15, -0.1) is 0 Å². The Morgan fingerprint density at radius 2 is 2.21 bits per heavy atom. The Morgan fingerprint density at radius 1 is 1.39 bits per heavy atom. The average molecular weight is 382 g/mol. The number of hydrogen-bond acceptors (Lipinski definition) is 6. The summed E-state index contributed by atoms with van der Waals surface area (Å²) >= 11 is 0. The van der Waals surface area contributed by atoms with Crippen molar-refractivity contribution < 1.29 is 19.4 Å². The summed E-state index contributed by atoms with van der Waals surface area (Å²) in [5, 5.41) is 11.8. The lowest BCUT2D eigenvalue weighted by atomic mass is 9.50. The van der Waals surface area contributed by atoms with Gasteiger partial charge < -0.3 is 14.6 Å². The van der Waals surface area contributed by atoms with Gasteiger partial charge >= 0.3 is 5.97 Å². The number of esters is 1. The minimum Gasteiger partial charge on any atom is -0.497 e. The zero-order valence-electron chi connectivity index (χ0n) is 16.6. The molecule has 6 nitrogen and oxygen atoms in total. The summed E-state index contributed by atoms with van der Waals surface area (Å²) in [4.78, 5) is 20.3. The fourth-order valence-electron chi connectivity index (χ4n) is 6.40. The summed E-state index contributed by atoms with van der Waals surface area (Å²) < 4.78 is 10.5. The van der Waals surface area contributed by atoms with Crippen molar-refractivity contribution in [2.24, 2.45) is 10.4 Å². The van der Waals surface area contributed by atoms with Crippen LogP contribution in [-0.2, 0) is 14.9 Å². The molecule has 1 N–H and O–H groups in total. The molecule has 1 spiro atoms. The smallest absolute Gasteiger partial charge is 0.343 e. The Balaban J connectivity index is 1.81. The van der Waals surface area contributed by atoms with Gasteiger partial charge in [-0.25, -0.2) is 4.79 Å². The third kappa shape index (κ3) is 1.90. The van der Waals surface area contributed by atoms with Crippen molar-refractivity contribution in [2.45, 2.75) is 43.2 Å². The number of fused-ring (bicyclic) bond motifs is 1. The van der Waals surface area contributed by atoms with Gasteiger partial charge in [-0.05, 0) is 24.5 Å². The maximum atomic E-state index is 12.9. The van der Waals surface area contributed by atoms with Crippen LogP contribution >= 0.6 is 0 Å². The molecule has 0 aromatic heterocycles. The predicted octanol–water partition coefficient (Wildman–Crippen LogP) is 2.37. The van der Waals surface area contributed by atoms with Crippen LogP contribution in [0.1, 0.15) is 31.7 Å². The zero-order valence-corrected chi connectivity index (χ0v) is 16.6. The number of aliphatic imine (C=N–C) groups is 1. The van der Waals surface area contributed by atoms with E-state index in [1.807, 2.05) is 12.1 Å². The van der Waals surface area contributed by atoms with E-state index < -0.39 is 17.0 Å². The third-order valence-electron chi connectivity index (χ3n) is 7.46. The molecule has 5 rings (SSSR count). The lowest BCUT2D eigenvalue weighted by molar-refractivity contribution is -0.160. The fraction of sp³-hybridized carbons (Fsp3) is 0.545. The van der Waals surface area contributed by atoms with Gasteiger partial charge in [-0.1, -0.05) is 25.1 Å². The average Bonchev–Trinajstić information content (AvgIpc) is 3.28. The van der Waals surface area contributed by atoms with Crippen LogP contribution in [0.4, 0.5) is 5.69 Å². The first-order chi connectivity index (χ1) is 13.4. The second-order valence-corrected chi connectivity index (χ2v) is 8.48. The van der Waals surface area contributed by atoms with E-state index in [0.29, 0.717) is 12.1 Å². The largest absolute Gasteiger partial charge is 0.497 e. The van der Waals surface area contributed by atoms with Gasteiger partial charge in [0, 0.05) is 37.0 Å². The van der Waals surface area contributed by atoms with Crippen molar-refractivity contribution in [3.05, 3.63) is 35.9 Å². The molecule has 0 unspecified atom stereocenters. The minimum atomic E-state index is -1.73. The molecule has 3 aliphatic heterocycles. The summed E-state index contributed by atoms with van der Waals surface area (Å²) in [5.74, 6) is 0.106. The van der Waals surface area contributed by atoms with Crippen LogP contribution in [-0.4, -0.2) is 60.6 Å². The summed E-state index contributed by atoms with van der Waals surface area (Å²) in [6.45, 7) is 3.95. The van der Waals surface area contributed by atoms with Crippen LogP contribution in [0.25, 0.3) is 0 Å². The van der Waals surface area contributed by atoms with Gasteiger partial charge in [0.25, 0.3) is 0 Å². The Labute approximate surface area is 164 Å². The first kappa shape index (κ1) is 17.9. The summed E-state index contributed by atoms with van der Waals surface area (Å²) in [6.07, 6.45) is 6.38. The van der Waals surface area contributed by atoms with Crippen molar-refractivity contribution in [1.82, 2.24) is 4.90 Å². The number of aliphatic hydroxyl groups is 1. The molecule has 1 aromatic carbocycles. The molecule has 0 amide bonds. The molecule has 0 radical (unpaired) electrons. The van der Waals surface area contributed by atoms with E-state index in [2.05, 4.69) is 30.0 Å². The highest BCUT2D eigenvalue weighted by Crippen LogP contribution is 2.64. The Bertz CT molecular complexity index is 925. The van der Waals surface area contributed by atoms with Gasteiger partial charge in [-0.3, -0.25) is 9.89 Å². The lowest BCUT2D eigenvalue weighted by Gasteiger charge is -2.57. The normalized spacial score (nSPS) is 37.7. The molecule has 0 bridgehead atoms. The number of nitrogens with zero attached hydrogens (tertiary/aromatic N) is 2. The highest BCUT2D eigenvalue weighted by molar-refractivity contribution is 6.19. The Hall–Kier alpha value is -2.18. The van der Waals surface area contributed by atoms with Crippen molar-refractivity contribution in [1.29, 1.82) is 0 Å². The van der Waals surface area contributed by atoms with E-state index in [-0.39, 0.29) is 11.5 Å². The Kier molecular flexibility index (Phi) is 3.62. The number of methoxy groups -OCH3 is 2. The molecular weight excluding hydrogens is 356 g/mol. The van der Waals surface area contributed by atoms with Crippen LogP contribution in [0.2, 0.25) is 0 Å². The fourth-order valence-corrected chi connectivity index (χ4v) is 6.40. The van der Waals surface area contributed by atoms with Crippen LogP contribution in [0.3, 0.4) is 0 Å². The molecular formula is C22H26N2O4. The second-order valence-electron chi connectivity index (χ2n) is 8.48. The maximum Gasteiger partial charge on any atom is 0.343 e. The van der Waals surface area contributed by atoms with Crippen molar-refractivity contribution in [2.75, 3.05) is 27.3 Å². The molecule has 1 saturated heterocycles. The molecule has 28 heavy (non-hydrogen) atoms. The quantitative estimate of drug-likeness (QED) is 0.642. The highest BCUT2D eigenvalue weighted by atomic mass is 16.5. The standard InChI is InChI=1S/C22H26N2O4/c1-4-20-8-5-10-24-11-9-21(18(20)24)15-7-6-14(27-2)12-16(15)23-17(21)22(26,13-20)19(25)28-3/h5-8,12,18,26H,4,9-11,13H2,1-3H3/t18-,20-,21-,22+/m0/s1. The van der Waals surface area contributed by atoms with E-state index in [4.69, 9.17) is 14.5 Å². The first-order valence-corrected chi connectivity index (χ1v) is 9.96. The highest BCUT2D eigenvalue weighted by Gasteiger charge is 2.72. The molecule has 1 aliphatic carbocycles. The minimum absolute atomic E-state index is 0.174. The number of ether oxygens (including phenoxy) is 2. The third-order valence-corrected chi connectivity index (χ3v) is 7.46. The van der Waals surface area contributed by atoms with E-state index in [0.717, 1.165) is 42.9 Å². The topological polar surface area (TPSA) is 71.4 Å². The first-order valence-electron chi connectivity index (χ1n) is 9.96. The molecule has 148 valence electrons. The Morgan fingerprint density at radius 3 is 2.93 bits per heavy atom. The number of carbonyl (C=O) groups excluding carboxylic acids is 1. The SMILES string of the molecule is CC[C@]12C=CCN3CC[C@]4(C(=Nc5cc(OC)ccc54)[C@@](O)(C(=O)OC)C1)[C@@H]32.